The number of nitrogens with zero attached hydrogens (tertiary/aromatic N) is 1. The van der Waals surface area contributed by atoms with Gasteiger partial charge in [0.25, 0.3) is 0 Å². The van der Waals surface area contributed by atoms with E-state index in [4.69, 9.17) is 4.74 Å². The Kier molecular flexibility index (Phi) is 8.42. The molecule has 0 aliphatic carbocycles. The molecule has 32 heavy (non-hydrogen) atoms. The Bertz CT molecular complexity index is 1000. The van der Waals surface area contributed by atoms with Crippen molar-refractivity contribution in [2.24, 2.45) is 0 Å². The van der Waals surface area contributed by atoms with E-state index in [1.165, 1.54) is 12.3 Å². The summed E-state index contributed by atoms with van der Waals surface area (Å²) in [5.41, 5.74) is 3.82. The first-order valence-corrected chi connectivity index (χ1v) is 9.80. The molecule has 0 unspecified atom stereocenters. The van der Waals surface area contributed by atoms with Crippen LogP contribution in [0.5, 0.6) is 11.6 Å². The Labute approximate surface area is 184 Å². The average molecular weight is 450 g/mol. The van der Waals surface area contributed by atoms with Crippen LogP contribution in [0.1, 0.15) is 37.0 Å². The van der Waals surface area contributed by atoms with Gasteiger partial charge in [-0.3, -0.25) is 4.79 Å². The highest BCUT2D eigenvalue weighted by molar-refractivity contribution is 5.86. The summed E-state index contributed by atoms with van der Waals surface area (Å²) in [5.74, 6) is -0.575. The Morgan fingerprint density at radius 3 is 2.59 bits per heavy atom. The third kappa shape index (κ3) is 6.58. The minimum Gasteiger partial charge on any atom is -0.464 e. The van der Waals surface area contributed by atoms with Gasteiger partial charge in [-0.2, -0.15) is 0 Å². The van der Waals surface area contributed by atoms with Crippen LogP contribution in [0, 0.1) is 6.92 Å². The van der Waals surface area contributed by atoms with Gasteiger partial charge in [0.2, 0.25) is 11.8 Å². The number of carbonyl (C=O) groups excluding carboxylic acids is 1. The molecule has 2 rings (SSSR count). The molecule has 1 amide bonds. The van der Waals surface area contributed by atoms with Gasteiger partial charge in [-0.25, -0.2) is 4.98 Å². The normalized spacial score (nSPS) is 11.8. The Morgan fingerprint density at radius 1 is 1.34 bits per heavy atom. The SMILES string of the molecule is C=CC(=O)NCc1cc(-c2ccc(OC(F)(F)F)nc2)c(C)c(O/C=C(\C)CC)c1CO. The number of rotatable bonds is 9. The number of carbonyl (C=O) groups is 1. The maximum absolute atomic E-state index is 12.4. The highest BCUT2D eigenvalue weighted by Gasteiger charge is 2.31. The van der Waals surface area contributed by atoms with Crippen molar-refractivity contribution in [2.75, 3.05) is 0 Å². The first-order valence-electron chi connectivity index (χ1n) is 9.80. The Morgan fingerprint density at radius 2 is 2.06 bits per heavy atom. The van der Waals surface area contributed by atoms with E-state index in [2.05, 4.69) is 21.6 Å². The second-order valence-electron chi connectivity index (χ2n) is 6.96. The molecule has 1 aromatic carbocycles. The molecule has 0 aliphatic rings. The monoisotopic (exact) mass is 450 g/mol. The molecule has 1 aromatic heterocycles. The van der Waals surface area contributed by atoms with Crippen molar-refractivity contribution in [3.63, 3.8) is 0 Å². The zero-order valence-corrected chi connectivity index (χ0v) is 18.0. The van der Waals surface area contributed by atoms with Crippen LogP contribution < -0.4 is 14.8 Å². The maximum Gasteiger partial charge on any atom is 0.574 e. The van der Waals surface area contributed by atoms with Crippen LogP contribution in [0.3, 0.4) is 0 Å². The largest absolute Gasteiger partial charge is 0.574 e. The number of alkyl halides is 3. The summed E-state index contributed by atoms with van der Waals surface area (Å²) < 4.78 is 47.0. The van der Waals surface area contributed by atoms with Gasteiger partial charge in [-0.1, -0.05) is 13.5 Å². The lowest BCUT2D eigenvalue weighted by atomic mass is 9.94. The lowest BCUT2D eigenvalue weighted by molar-refractivity contribution is -0.276. The molecule has 9 heteroatoms. The van der Waals surface area contributed by atoms with E-state index in [-0.39, 0.29) is 13.2 Å². The quantitative estimate of drug-likeness (QED) is 0.418. The van der Waals surface area contributed by atoms with E-state index >= 15 is 0 Å². The van der Waals surface area contributed by atoms with Gasteiger partial charge in [0, 0.05) is 29.9 Å². The minimum absolute atomic E-state index is 0.0869. The number of aliphatic hydroxyl groups is 1. The van der Waals surface area contributed by atoms with Crippen molar-refractivity contribution >= 4 is 5.91 Å². The summed E-state index contributed by atoms with van der Waals surface area (Å²) in [6.07, 6.45) is -0.114. The molecule has 0 aliphatic heterocycles. The van der Waals surface area contributed by atoms with Crippen LogP contribution in [0.25, 0.3) is 11.1 Å². The standard InChI is InChI=1S/C23H25F3N2O4/c1-5-14(3)13-31-22-15(4)18(9-17(19(22)12-29)11-27-20(30)6-2)16-7-8-21(28-10-16)32-23(24,25)26/h6-10,13,29H,2,5,11-12H2,1,3-4H3,(H,27,30)/b14-13+. The van der Waals surface area contributed by atoms with Crippen LogP contribution in [0.4, 0.5) is 13.2 Å². The fourth-order valence-electron chi connectivity index (χ4n) is 2.87. The lowest BCUT2D eigenvalue weighted by Crippen LogP contribution is -2.21. The molecule has 0 radical (unpaired) electrons. The van der Waals surface area contributed by atoms with Crippen molar-refractivity contribution in [3.05, 3.63) is 65.6 Å². The molecule has 0 spiro atoms. The first kappa shape index (κ1) is 24.9. The van der Waals surface area contributed by atoms with Gasteiger partial charge in [0.05, 0.1) is 12.9 Å². The number of aliphatic hydroxyl groups excluding tert-OH is 1. The lowest BCUT2D eigenvalue weighted by Gasteiger charge is -2.19. The third-order valence-corrected chi connectivity index (χ3v) is 4.72. The van der Waals surface area contributed by atoms with E-state index in [0.717, 1.165) is 24.1 Å². The summed E-state index contributed by atoms with van der Waals surface area (Å²) in [5, 5.41) is 12.7. The van der Waals surface area contributed by atoms with Gasteiger partial charge in [-0.15, -0.1) is 13.2 Å². The molecule has 0 fully saturated rings. The highest BCUT2D eigenvalue weighted by atomic mass is 19.4. The molecular weight excluding hydrogens is 425 g/mol. The molecule has 2 N–H and O–H groups in total. The fraction of sp³-hybridized carbons (Fsp3) is 0.304. The van der Waals surface area contributed by atoms with E-state index in [0.29, 0.717) is 33.6 Å². The first-order chi connectivity index (χ1) is 15.1. The maximum atomic E-state index is 12.4. The van der Waals surface area contributed by atoms with Gasteiger partial charge in [-0.05, 0) is 60.7 Å². The highest BCUT2D eigenvalue weighted by Crippen LogP contribution is 2.37. The number of halogens is 3. The number of amides is 1. The Balaban J connectivity index is 2.57. The molecular formula is C23H25F3N2O4. The van der Waals surface area contributed by atoms with Crippen LogP contribution >= 0.6 is 0 Å². The zero-order chi connectivity index (χ0) is 23.9. The molecule has 1 heterocycles. The second-order valence-corrected chi connectivity index (χ2v) is 6.96. The van der Waals surface area contributed by atoms with Crippen LogP contribution in [0.2, 0.25) is 0 Å². The molecule has 6 nitrogen and oxygen atoms in total. The van der Waals surface area contributed by atoms with Crippen molar-refractivity contribution in [3.8, 4) is 22.8 Å². The number of nitrogens with one attached hydrogen (secondary N) is 1. The predicted octanol–water partition coefficient (Wildman–Crippen LogP) is 4.94. The van der Waals surface area contributed by atoms with Gasteiger partial charge in [0.1, 0.15) is 5.75 Å². The van der Waals surface area contributed by atoms with Gasteiger partial charge >= 0.3 is 6.36 Å². The number of hydrogen-bond acceptors (Lipinski definition) is 5. The van der Waals surface area contributed by atoms with E-state index in [1.54, 1.807) is 19.3 Å². The second kappa shape index (κ2) is 10.8. The summed E-state index contributed by atoms with van der Waals surface area (Å²) >= 11 is 0. The molecule has 0 atom stereocenters. The Hall–Kier alpha value is -3.33. The number of pyridine rings is 1. The van der Waals surface area contributed by atoms with Gasteiger partial charge in [0.15, 0.2) is 0 Å². The van der Waals surface area contributed by atoms with E-state index < -0.39 is 18.1 Å². The van der Waals surface area contributed by atoms with Crippen molar-refractivity contribution in [1.29, 1.82) is 0 Å². The summed E-state index contributed by atoms with van der Waals surface area (Å²) in [4.78, 5) is 15.4. The minimum atomic E-state index is -4.84. The molecule has 0 saturated carbocycles. The molecule has 0 saturated heterocycles. The number of ether oxygens (including phenoxy) is 2. The number of hydrogen-bond donors (Lipinski definition) is 2. The van der Waals surface area contributed by atoms with E-state index in [1.807, 2.05) is 13.8 Å². The van der Waals surface area contributed by atoms with Crippen LogP contribution in [0.15, 0.2) is 48.9 Å². The van der Waals surface area contributed by atoms with Crippen LogP contribution in [-0.4, -0.2) is 22.4 Å². The zero-order valence-electron chi connectivity index (χ0n) is 18.0. The van der Waals surface area contributed by atoms with E-state index in [9.17, 15) is 23.1 Å². The van der Waals surface area contributed by atoms with Crippen LogP contribution in [-0.2, 0) is 17.9 Å². The van der Waals surface area contributed by atoms with Crippen molar-refractivity contribution < 1.29 is 32.5 Å². The molecule has 172 valence electrons. The van der Waals surface area contributed by atoms with Crippen molar-refractivity contribution in [1.82, 2.24) is 10.3 Å². The van der Waals surface area contributed by atoms with Crippen molar-refractivity contribution in [2.45, 2.75) is 46.7 Å². The average Bonchev–Trinajstić information content (AvgIpc) is 2.75. The summed E-state index contributed by atoms with van der Waals surface area (Å²) in [6.45, 7) is 8.79. The van der Waals surface area contributed by atoms with Gasteiger partial charge < -0.3 is 19.9 Å². The smallest absolute Gasteiger partial charge is 0.464 e. The molecule has 2 aromatic rings. The summed E-state index contributed by atoms with van der Waals surface area (Å²) in [6, 6.07) is 4.29. The fourth-order valence-corrected chi connectivity index (χ4v) is 2.87. The topological polar surface area (TPSA) is 80.7 Å². The number of aromatic nitrogens is 1. The number of allylic oxidation sites excluding steroid dienone is 1. The summed E-state index contributed by atoms with van der Waals surface area (Å²) in [7, 11) is 0. The third-order valence-electron chi connectivity index (χ3n) is 4.72. The predicted molar refractivity (Wildman–Crippen MR) is 114 cm³/mol. The molecule has 0 bridgehead atoms. The number of benzene rings is 1.